The van der Waals surface area contributed by atoms with E-state index in [2.05, 4.69) is 95.3 Å². The van der Waals surface area contributed by atoms with E-state index in [1.165, 1.54) is 42.5 Å². The zero-order valence-electron chi connectivity index (χ0n) is 39.3. The van der Waals surface area contributed by atoms with Gasteiger partial charge in [-0.15, -0.1) is 0 Å². The fraction of sp³-hybridized carbons (Fsp3) is 0.729. The molecule has 11 nitrogen and oxygen atoms in total. The first-order valence-electron chi connectivity index (χ1n) is 22.5. The summed E-state index contributed by atoms with van der Waals surface area (Å²) in [6.07, 6.45) is 12.2. The van der Waals surface area contributed by atoms with Crippen molar-refractivity contribution in [1.29, 1.82) is 0 Å². The van der Waals surface area contributed by atoms with Gasteiger partial charge < -0.3 is 35.6 Å². The van der Waals surface area contributed by atoms with Gasteiger partial charge in [0, 0.05) is 44.5 Å². The van der Waals surface area contributed by atoms with Crippen LogP contribution in [0.4, 0.5) is 0 Å². The molecule has 7 atom stereocenters. The van der Waals surface area contributed by atoms with Crippen LogP contribution in [0.2, 0.25) is 0 Å². The Morgan fingerprint density at radius 1 is 1.02 bits per heavy atom. The molecule has 0 saturated heterocycles. The maximum absolute atomic E-state index is 13.7. The second kappa shape index (κ2) is 32.2. The third-order valence-electron chi connectivity index (χ3n) is 11.7. The van der Waals surface area contributed by atoms with Gasteiger partial charge in [-0.3, -0.25) is 14.4 Å². The zero-order chi connectivity index (χ0) is 44.9. The Bertz CT molecular complexity index is 1360. The van der Waals surface area contributed by atoms with E-state index in [4.69, 9.17) is 14.6 Å². The molecule has 59 heavy (non-hydrogen) atoms. The molecular formula is C48H85N5O6. The van der Waals surface area contributed by atoms with Gasteiger partial charge in [0.05, 0.1) is 12.5 Å². The molecule has 0 heterocycles. The second-order valence-corrected chi connectivity index (χ2v) is 16.8. The standard InChI is InChI=1S/C37H60N4O4.C6H15N.C3H8.C2H2O2/c1-8-10-21-41(37(45-7)28(5)36(44)39-27(4)22-29-15-12-11-13-16-29)33(31-19-20-31)23-32(30-17-14-18-30)35(26(3)9-2)40(6)34(43)24-38-25-42;1-5(2)6(3)7-4;1-3-2;3-1-2-4/h11-13,15-16,25-28,30,32,35,37H,8-10,14,17-24H2,1-7H3,(H,38,42)(H,39,44);5-7H,1-4H3;3H2,1-2H3;1,3H. The minimum atomic E-state index is -0.385. The van der Waals surface area contributed by atoms with Crippen LogP contribution in [-0.2, 0) is 30.3 Å². The van der Waals surface area contributed by atoms with Crippen LogP contribution in [-0.4, -0.2) is 97.7 Å². The number of methoxy groups -OCH3 is 1. The highest BCUT2D eigenvalue weighted by Gasteiger charge is 2.42. The van der Waals surface area contributed by atoms with Gasteiger partial charge in [-0.2, -0.15) is 0 Å². The lowest BCUT2D eigenvalue weighted by Crippen LogP contribution is -2.52. The number of unbranched alkanes of at least 4 members (excludes halogenated alkanes) is 1. The first kappa shape index (κ1) is 55.3. The summed E-state index contributed by atoms with van der Waals surface area (Å²) in [5, 5.41) is 16.3. The fourth-order valence-electron chi connectivity index (χ4n) is 7.43. The molecule has 0 spiro atoms. The number of aliphatic hydroxyl groups is 1. The second-order valence-electron chi connectivity index (χ2n) is 16.8. The van der Waals surface area contributed by atoms with Crippen LogP contribution in [0.5, 0.6) is 0 Å². The van der Waals surface area contributed by atoms with E-state index in [-0.39, 0.29) is 42.6 Å². The highest BCUT2D eigenvalue weighted by Crippen LogP contribution is 2.46. The molecule has 7 unspecified atom stereocenters. The fourth-order valence-corrected chi connectivity index (χ4v) is 7.43. The molecule has 1 aromatic carbocycles. The Morgan fingerprint density at radius 2 is 1.61 bits per heavy atom. The number of rotatable bonds is 23. The number of nitrogens with one attached hydrogen (secondary N) is 3. The number of ether oxygens (including phenoxy) is 1. The van der Waals surface area contributed by atoms with Crippen LogP contribution in [0.1, 0.15) is 139 Å². The molecule has 2 fully saturated rings. The van der Waals surface area contributed by atoms with Crippen molar-refractivity contribution in [3.63, 3.8) is 0 Å². The van der Waals surface area contributed by atoms with E-state index in [0.717, 1.165) is 63.3 Å². The Kier molecular flexibility index (Phi) is 30.2. The number of nitrogens with zero attached hydrogens (tertiary/aromatic N) is 2. The Hall–Kier alpha value is -3.66. The van der Waals surface area contributed by atoms with Gasteiger partial charge in [-0.05, 0) is 89.2 Å². The van der Waals surface area contributed by atoms with Crippen LogP contribution >= 0.6 is 0 Å². The lowest BCUT2D eigenvalue weighted by Gasteiger charge is -2.47. The third-order valence-corrected chi connectivity index (χ3v) is 11.7. The number of benzene rings is 1. The third kappa shape index (κ3) is 20.9. The molecule has 2 saturated carbocycles. The molecule has 0 aliphatic heterocycles. The number of amides is 3. The molecule has 0 aromatic heterocycles. The molecule has 338 valence electrons. The number of aliphatic hydroxyl groups excluding tert-OH is 1. The van der Waals surface area contributed by atoms with Crippen molar-refractivity contribution in [3.8, 4) is 0 Å². The number of hydrogen-bond donors (Lipinski definition) is 4. The van der Waals surface area contributed by atoms with Crippen LogP contribution in [0.25, 0.3) is 0 Å². The van der Waals surface area contributed by atoms with E-state index < -0.39 is 0 Å². The van der Waals surface area contributed by atoms with Crippen molar-refractivity contribution in [3.05, 3.63) is 53.4 Å². The zero-order valence-corrected chi connectivity index (χ0v) is 39.3. The summed E-state index contributed by atoms with van der Waals surface area (Å²) < 4.78 is 6.22. The lowest BCUT2D eigenvalue weighted by atomic mass is 9.67. The lowest BCUT2D eigenvalue weighted by molar-refractivity contribution is -0.137. The molecular weight excluding hydrogens is 743 g/mol. The molecule has 0 bridgehead atoms. The summed E-state index contributed by atoms with van der Waals surface area (Å²) in [5.41, 5.74) is 3.99. The topological polar surface area (TPSA) is 140 Å². The summed E-state index contributed by atoms with van der Waals surface area (Å²) in [6, 6.07) is 11.0. The molecule has 2 aliphatic carbocycles. The van der Waals surface area contributed by atoms with E-state index in [1.807, 2.05) is 44.1 Å². The summed E-state index contributed by atoms with van der Waals surface area (Å²) in [4.78, 5) is 51.0. The van der Waals surface area contributed by atoms with Gasteiger partial charge in [0.2, 0.25) is 18.2 Å². The van der Waals surface area contributed by atoms with Gasteiger partial charge >= 0.3 is 0 Å². The number of carbonyl (C=O) groups is 3. The Balaban J connectivity index is 0.00000207. The summed E-state index contributed by atoms with van der Waals surface area (Å²) >= 11 is 0. The molecule has 3 rings (SSSR count). The first-order valence-corrected chi connectivity index (χ1v) is 22.5. The summed E-state index contributed by atoms with van der Waals surface area (Å²) in [5.74, 6) is 2.60. The Morgan fingerprint density at radius 3 is 2.02 bits per heavy atom. The van der Waals surface area contributed by atoms with Crippen molar-refractivity contribution in [2.75, 3.05) is 34.3 Å². The maximum atomic E-state index is 13.7. The number of carbonyl (C=O) groups excluding carboxylic acids is 4. The van der Waals surface area contributed by atoms with Crippen molar-refractivity contribution >= 4 is 24.2 Å². The predicted molar refractivity (Wildman–Crippen MR) is 243 cm³/mol. The number of likely N-dealkylation sites (N-methyl/N-ethyl adjacent to an activating group) is 1. The molecule has 3 amide bonds. The largest absolute Gasteiger partial charge is 0.504 e. The van der Waals surface area contributed by atoms with Crippen molar-refractivity contribution in [2.24, 2.45) is 29.6 Å². The normalized spacial score (nSPS) is 16.4. The number of hydrogen-bond acceptors (Lipinski definition) is 8. The van der Waals surface area contributed by atoms with Gasteiger partial charge in [-0.1, -0.05) is 123 Å². The van der Waals surface area contributed by atoms with E-state index in [0.29, 0.717) is 36.5 Å². The smallest absolute Gasteiger partial charge is 0.241 e. The average molecular weight is 828 g/mol. The van der Waals surface area contributed by atoms with Gasteiger partial charge in [0.15, 0.2) is 12.2 Å². The molecule has 1 aromatic rings. The van der Waals surface area contributed by atoms with Crippen LogP contribution in [0, 0.1) is 29.6 Å². The highest BCUT2D eigenvalue weighted by atomic mass is 16.5. The van der Waals surface area contributed by atoms with Crippen molar-refractivity contribution in [1.82, 2.24) is 25.8 Å². The van der Waals surface area contributed by atoms with Crippen molar-refractivity contribution in [2.45, 2.75) is 164 Å². The van der Waals surface area contributed by atoms with Crippen LogP contribution in [0.3, 0.4) is 0 Å². The predicted octanol–water partition coefficient (Wildman–Crippen LogP) is 8.47. The summed E-state index contributed by atoms with van der Waals surface area (Å²) in [7, 11) is 5.63. The van der Waals surface area contributed by atoms with Crippen LogP contribution < -0.4 is 16.0 Å². The molecule has 11 heteroatoms. The van der Waals surface area contributed by atoms with Gasteiger partial charge in [-0.25, -0.2) is 4.79 Å². The highest BCUT2D eigenvalue weighted by molar-refractivity contribution is 5.80. The number of allylic oxidation sites excluding steroid dienone is 2. The minimum Gasteiger partial charge on any atom is -0.504 e. The van der Waals surface area contributed by atoms with E-state index >= 15 is 0 Å². The monoisotopic (exact) mass is 828 g/mol. The van der Waals surface area contributed by atoms with Gasteiger partial charge in [0.25, 0.3) is 0 Å². The van der Waals surface area contributed by atoms with E-state index in [1.54, 1.807) is 7.11 Å². The summed E-state index contributed by atoms with van der Waals surface area (Å²) in [6.45, 7) is 22.4. The maximum Gasteiger partial charge on any atom is 0.241 e. The quantitative estimate of drug-likeness (QED) is 0.0373. The SMILES string of the molecule is CCC.CCCCN(C(CC(C1CCC1)C(C(C)CC)N(C)C(=O)CNC=O)=C1CC1)C(OC)C(C)C(=O)NC(C)Cc1ccccc1.CNC(C)C(C)C.O=C=CO. The van der Waals surface area contributed by atoms with Gasteiger partial charge in [0.1, 0.15) is 6.23 Å². The molecule has 0 radical (unpaired) electrons. The minimum absolute atomic E-state index is 0.00581. The first-order chi connectivity index (χ1) is 28.2. The average Bonchev–Trinajstić information content (AvgIpc) is 4.06. The molecule has 4 N–H and O–H groups in total. The van der Waals surface area contributed by atoms with Crippen LogP contribution in [0.15, 0.2) is 47.9 Å². The van der Waals surface area contributed by atoms with E-state index in [9.17, 15) is 14.4 Å². The van der Waals surface area contributed by atoms with Crippen molar-refractivity contribution < 1.29 is 29.0 Å². The molecule has 2 aliphatic rings. The Labute approximate surface area is 359 Å².